The van der Waals surface area contributed by atoms with Gasteiger partial charge in [0.1, 0.15) is 0 Å². The molecule has 3 aromatic rings. The van der Waals surface area contributed by atoms with Crippen molar-refractivity contribution in [2.45, 2.75) is 27.2 Å². The summed E-state index contributed by atoms with van der Waals surface area (Å²) in [4.78, 5) is 32.8. The van der Waals surface area contributed by atoms with Crippen LogP contribution in [0.5, 0.6) is 0 Å². The van der Waals surface area contributed by atoms with Gasteiger partial charge in [0, 0.05) is 30.5 Å². The first-order valence-electron chi connectivity index (χ1n) is 8.99. The van der Waals surface area contributed by atoms with Crippen LogP contribution in [0.2, 0.25) is 0 Å². The highest BCUT2D eigenvalue weighted by atomic mass is 32.1. The van der Waals surface area contributed by atoms with E-state index in [0.29, 0.717) is 23.9 Å². The molecule has 1 fully saturated rings. The zero-order valence-corrected chi connectivity index (χ0v) is 16.7. The Hall–Kier alpha value is -3.00. The van der Waals surface area contributed by atoms with Crippen LogP contribution in [-0.2, 0) is 9.59 Å². The summed E-state index contributed by atoms with van der Waals surface area (Å²) in [5.41, 5.74) is 2.67. The van der Waals surface area contributed by atoms with Gasteiger partial charge in [-0.3, -0.25) is 9.59 Å². The zero-order chi connectivity index (χ0) is 19.8. The maximum atomic E-state index is 12.8. The molecular formula is C20H20N4O3S. The van der Waals surface area contributed by atoms with Crippen molar-refractivity contribution in [2.24, 2.45) is 5.92 Å². The van der Waals surface area contributed by atoms with Crippen molar-refractivity contribution in [3.05, 3.63) is 46.7 Å². The van der Waals surface area contributed by atoms with Crippen LogP contribution in [0.1, 0.15) is 22.8 Å². The van der Waals surface area contributed by atoms with Gasteiger partial charge >= 0.3 is 0 Å². The van der Waals surface area contributed by atoms with E-state index in [0.717, 1.165) is 21.0 Å². The Balaban J connectivity index is 1.46. The van der Waals surface area contributed by atoms with Crippen LogP contribution in [0.4, 0.5) is 11.4 Å². The Bertz CT molecular complexity index is 1040. The summed E-state index contributed by atoms with van der Waals surface area (Å²) in [5.74, 6) is 0.428. The summed E-state index contributed by atoms with van der Waals surface area (Å²) in [5, 5.41) is 6.87. The molecule has 8 heteroatoms. The second-order valence-electron chi connectivity index (χ2n) is 6.95. The number of anilines is 2. The second kappa shape index (κ2) is 7.20. The molecule has 0 bridgehead atoms. The summed E-state index contributed by atoms with van der Waals surface area (Å²) < 4.78 is 5.02. The molecule has 28 heavy (non-hydrogen) atoms. The normalized spacial score (nSPS) is 16.6. The van der Waals surface area contributed by atoms with Crippen LogP contribution < -0.4 is 10.2 Å². The molecule has 0 radical (unpaired) electrons. The van der Waals surface area contributed by atoms with Gasteiger partial charge in [-0.1, -0.05) is 22.9 Å². The number of carbonyl (C=O) groups is 2. The van der Waals surface area contributed by atoms with Crippen LogP contribution in [0.25, 0.3) is 10.7 Å². The molecule has 1 aliphatic rings. The van der Waals surface area contributed by atoms with Crippen molar-refractivity contribution >= 4 is 34.5 Å². The van der Waals surface area contributed by atoms with Crippen LogP contribution in [0.3, 0.4) is 0 Å². The molecule has 1 atom stereocenters. The van der Waals surface area contributed by atoms with E-state index >= 15 is 0 Å². The largest absolute Gasteiger partial charge is 0.339 e. The zero-order valence-electron chi connectivity index (χ0n) is 15.9. The minimum atomic E-state index is -0.385. The predicted octanol–water partition coefficient (Wildman–Crippen LogP) is 3.71. The quantitative estimate of drug-likeness (QED) is 0.726. The van der Waals surface area contributed by atoms with Crippen molar-refractivity contribution in [2.75, 3.05) is 16.8 Å². The van der Waals surface area contributed by atoms with Gasteiger partial charge in [-0.05, 0) is 32.0 Å². The summed E-state index contributed by atoms with van der Waals surface area (Å²) in [6.07, 6.45) is 0.208. The lowest BCUT2D eigenvalue weighted by Gasteiger charge is -2.17. The fraction of sp³-hybridized carbons (Fsp3) is 0.300. The predicted molar refractivity (Wildman–Crippen MR) is 107 cm³/mol. The highest BCUT2D eigenvalue weighted by Gasteiger charge is 2.35. The van der Waals surface area contributed by atoms with E-state index in [4.69, 9.17) is 4.52 Å². The average molecular weight is 396 g/mol. The number of nitrogens with zero attached hydrogens (tertiary/aromatic N) is 3. The van der Waals surface area contributed by atoms with Crippen LogP contribution >= 0.6 is 11.3 Å². The van der Waals surface area contributed by atoms with Crippen molar-refractivity contribution in [1.82, 2.24) is 10.1 Å². The fourth-order valence-electron chi connectivity index (χ4n) is 3.21. The van der Waals surface area contributed by atoms with Crippen molar-refractivity contribution in [3.63, 3.8) is 0 Å². The van der Waals surface area contributed by atoms with E-state index in [2.05, 4.69) is 15.5 Å². The van der Waals surface area contributed by atoms with Gasteiger partial charge in [0.05, 0.1) is 16.5 Å². The van der Waals surface area contributed by atoms with Crippen molar-refractivity contribution in [3.8, 4) is 10.7 Å². The second-order valence-corrected chi connectivity index (χ2v) is 8.20. The number of amides is 2. The molecule has 1 aromatic carbocycles. The van der Waals surface area contributed by atoms with Gasteiger partial charge in [0.2, 0.25) is 23.5 Å². The van der Waals surface area contributed by atoms with Crippen molar-refractivity contribution < 1.29 is 14.1 Å². The number of aromatic nitrogens is 2. The van der Waals surface area contributed by atoms with E-state index in [9.17, 15) is 9.59 Å². The molecule has 1 aliphatic heterocycles. The molecule has 144 valence electrons. The first-order chi connectivity index (χ1) is 13.4. The molecule has 1 N–H and O–H groups in total. The van der Waals surface area contributed by atoms with Gasteiger partial charge in [-0.2, -0.15) is 4.98 Å². The standard InChI is InChI=1S/C20H20N4O3S/c1-11-4-6-15(7-5-11)24-10-14(8-18(24)25)20(26)22-16-9-17(28-12(16)2)19-21-13(3)27-23-19/h4-7,9,14H,8,10H2,1-3H3,(H,22,26). The van der Waals surface area contributed by atoms with Gasteiger partial charge in [-0.25, -0.2) is 0 Å². The van der Waals surface area contributed by atoms with Crippen LogP contribution in [-0.4, -0.2) is 28.5 Å². The maximum absolute atomic E-state index is 12.8. The minimum absolute atomic E-state index is 0.0333. The Morgan fingerprint density at radius 2 is 2.00 bits per heavy atom. The molecule has 3 heterocycles. The summed E-state index contributed by atoms with van der Waals surface area (Å²) in [6, 6.07) is 9.60. The molecule has 1 saturated heterocycles. The van der Waals surface area contributed by atoms with Gasteiger partial charge in [0.25, 0.3) is 0 Å². The third-order valence-electron chi connectivity index (χ3n) is 4.77. The summed E-state index contributed by atoms with van der Waals surface area (Å²) >= 11 is 1.49. The first kappa shape index (κ1) is 18.4. The number of thiophene rings is 1. The number of benzene rings is 1. The third-order valence-corrected chi connectivity index (χ3v) is 5.81. The molecule has 2 amide bonds. The molecule has 0 spiro atoms. The van der Waals surface area contributed by atoms with Gasteiger partial charge in [-0.15, -0.1) is 11.3 Å². The molecule has 7 nitrogen and oxygen atoms in total. The van der Waals surface area contributed by atoms with Crippen molar-refractivity contribution in [1.29, 1.82) is 0 Å². The molecule has 4 rings (SSSR count). The number of nitrogens with one attached hydrogen (secondary N) is 1. The SMILES string of the molecule is Cc1ccc(N2CC(C(=O)Nc3cc(-c4noc(C)n4)sc3C)CC2=O)cc1. The molecule has 0 aliphatic carbocycles. The summed E-state index contributed by atoms with van der Waals surface area (Å²) in [6.45, 7) is 6.04. The van der Waals surface area contributed by atoms with E-state index in [-0.39, 0.29) is 24.2 Å². The van der Waals surface area contributed by atoms with Gasteiger partial charge < -0.3 is 14.7 Å². The number of carbonyl (C=O) groups excluding carboxylic acids is 2. The Labute approximate surface area is 166 Å². The Kier molecular flexibility index (Phi) is 4.72. The topological polar surface area (TPSA) is 88.3 Å². The number of rotatable bonds is 4. The van der Waals surface area contributed by atoms with E-state index in [1.165, 1.54) is 11.3 Å². The maximum Gasteiger partial charge on any atom is 0.229 e. The smallest absolute Gasteiger partial charge is 0.229 e. The lowest BCUT2D eigenvalue weighted by atomic mass is 10.1. The monoisotopic (exact) mass is 396 g/mol. The highest BCUT2D eigenvalue weighted by molar-refractivity contribution is 7.16. The lowest BCUT2D eigenvalue weighted by molar-refractivity contribution is -0.122. The first-order valence-corrected chi connectivity index (χ1v) is 9.81. The number of hydrogen-bond acceptors (Lipinski definition) is 6. The summed E-state index contributed by atoms with van der Waals surface area (Å²) in [7, 11) is 0. The fourth-order valence-corrected chi connectivity index (χ4v) is 4.11. The minimum Gasteiger partial charge on any atom is -0.339 e. The van der Waals surface area contributed by atoms with Crippen LogP contribution in [0.15, 0.2) is 34.9 Å². The van der Waals surface area contributed by atoms with E-state index in [1.807, 2.05) is 44.2 Å². The average Bonchev–Trinajstić information content (AvgIpc) is 3.35. The Morgan fingerprint density at radius 3 is 2.68 bits per heavy atom. The lowest BCUT2D eigenvalue weighted by Crippen LogP contribution is -2.28. The van der Waals surface area contributed by atoms with Crippen LogP contribution in [0, 0.1) is 26.7 Å². The highest BCUT2D eigenvalue weighted by Crippen LogP contribution is 2.34. The molecule has 2 aromatic heterocycles. The number of hydrogen-bond donors (Lipinski definition) is 1. The molecule has 1 unspecified atom stereocenters. The van der Waals surface area contributed by atoms with E-state index in [1.54, 1.807) is 11.8 Å². The Morgan fingerprint density at radius 1 is 1.25 bits per heavy atom. The van der Waals surface area contributed by atoms with E-state index < -0.39 is 0 Å². The van der Waals surface area contributed by atoms with Gasteiger partial charge in [0.15, 0.2) is 0 Å². The molecular weight excluding hydrogens is 376 g/mol. The number of aryl methyl sites for hydroxylation is 3. The third kappa shape index (κ3) is 3.55. The molecule has 0 saturated carbocycles.